The van der Waals surface area contributed by atoms with Gasteiger partial charge in [0.05, 0.1) is 13.2 Å². The van der Waals surface area contributed by atoms with Crippen molar-refractivity contribution in [3.8, 4) is 0 Å². The summed E-state index contributed by atoms with van der Waals surface area (Å²) in [4.78, 5) is 10.9. The van der Waals surface area contributed by atoms with Gasteiger partial charge in [-0.1, -0.05) is 77.6 Å². The Morgan fingerprint density at radius 3 is 1.77 bits per heavy atom. The number of carbonyl (C=O) groups excluding carboxylic acids is 1. The van der Waals surface area contributed by atoms with E-state index in [2.05, 4.69) is 11.7 Å². The summed E-state index contributed by atoms with van der Waals surface area (Å²) in [6.45, 7) is 2.25. The molecule has 0 aliphatic carbocycles. The van der Waals surface area contributed by atoms with Crippen molar-refractivity contribution < 1.29 is 14.6 Å². The van der Waals surface area contributed by atoms with E-state index in [1.807, 2.05) is 0 Å². The van der Waals surface area contributed by atoms with Crippen molar-refractivity contribution in [1.82, 2.24) is 0 Å². The normalized spacial score (nSPS) is 12.3. The van der Waals surface area contributed by atoms with Crippen LogP contribution in [0.5, 0.6) is 0 Å². The van der Waals surface area contributed by atoms with E-state index >= 15 is 0 Å². The van der Waals surface area contributed by atoms with Crippen molar-refractivity contribution in [2.75, 3.05) is 7.11 Å². The lowest BCUT2D eigenvalue weighted by Gasteiger charge is -2.10. The van der Waals surface area contributed by atoms with Crippen LogP contribution in [0, 0.1) is 0 Å². The lowest BCUT2D eigenvalue weighted by Crippen LogP contribution is -2.06. The number of esters is 1. The highest BCUT2D eigenvalue weighted by atomic mass is 16.5. The summed E-state index contributed by atoms with van der Waals surface area (Å²) in [5.74, 6) is -0.129. The third-order valence-electron chi connectivity index (χ3n) is 4.29. The molecule has 0 aromatic rings. The number of ether oxygens (including phenoxy) is 1. The predicted octanol–water partition coefficient (Wildman–Crippen LogP) is 5.39. The maximum Gasteiger partial charge on any atom is 0.305 e. The molecule has 0 spiro atoms. The number of unbranched alkanes of at least 4 members (excludes halogenated alkanes) is 10. The highest BCUT2D eigenvalue weighted by molar-refractivity contribution is 5.68. The van der Waals surface area contributed by atoms with Crippen LogP contribution in [0.1, 0.15) is 103 Å². The van der Waals surface area contributed by atoms with Gasteiger partial charge in [-0.2, -0.15) is 0 Å². The first-order valence-electron chi connectivity index (χ1n) is 9.45. The molecule has 0 saturated carbocycles. The van der Waals surface area contributed by atoms with Crippen molar-refractivity contribution in [1.29, 1.82) is 0 Å². The molecule has 3 heteroatoms. The zero-order chi connectivity index (χ0) is 16.5. The van der Waals surface area contributed by atoms with Gasteiger partial charge in [0, 0.05) is 6.42 Å². The number of hydrogen-bond acceptors (Lipinski definition) is 3. The van der Waals surface area contributed by atoms with Crippen molar-refractivity contribution in [2.45, 2.75) is 109 Å². The maximum absolute atomic E-state index is 10.9. The smallest absolute Gasteiger partial charge is 0.305 e. The van der Waals surface area contributed by atoms with Gasteiger partial charge in [0.1, 0.15) is 0 Å². The summed E-state index contributed by atoms with van der Waals surface area (Å²) in [5.41, 5.74) is 0. The molecule has 0 fully saturated rings. The standard InChI is InChI=1S/C19H38O3/c1-3-4-5-6-7-8-9-10-12-15-18(20)16-13-11-14-17-19(21)22-2/h18,20H,3-17H2,1-2H3. The van der Waals surface area contributed by atoms with E-state index in [4.69, 9.17) is 0 Å². The van der Waals surface area contributed by atoms with E-state index in [9.17, 15) is 9.90 Å². The van der Waals surface area contributed by atoms with Gasteiger partial charge in [0.15, 0.2) is 0 Å². The number of carbonyl (C=O) groups is 1. The highest BCUT2D eigenvalue weighted by Gasteiger charge is 2.05. The largest absolute Gasteiger partial charge is 0.469 e. The molecule has 0 aliphatic heterocycles. The summed E-state index contributed by atoms with van der Waals surface area (Å²) in [6.07, 6.45) is 17.0. The monoisotopic (exact) mass is 314 g/mol. The molecular weight excluding hydrogens is 276 g/mol. The second kappa shape index (κ2) is 16.8. The van der Waals surface area contributed by atoms with Crippen molar-refractivity contribution in [3.05, 3.63) is 0 Å². The predicted molar refractivity (Wildman–Crippen MR) is 93.0 cm³/mol. The fourth-order valence-corrected chi connectivity index (χ4v) is 2.76. The van der Waals surface area contributed by atoms with E-state index in [1.54, 1.807) is 0 Å². The van der Waals surface area contributed by atoms with E-state index in [0.29, 0.717) is 6.42 Å². The molecule has 0 rings (SSSR count). The number of rotatable bonds is 16. The molecular formula is C19H38O3. The average molecular weight is 315 g/mol. The van der Waals surface area contributed by atoms with E-state index in [1.165, 1.54) is 58.5 Å². The van der Waals surface area contributed by atoms with Crippen molar-refractivity contribution >= 4 is 5.97 Å². The van der Waals surface area contributed by atoms with Crippen LogP contribution in [0.4, 0.5) is 0 Å². The molecule has 0 bridgehead atoms. The van der Waals surface area contributed by atoms with Gasteiger partial charge in [0.25, 0.3) is 0 Å². The summed E-state index contributed by atoms with van der Waals surface area (Å²) < 4.78 is 4.60. The van der Waals surface area contributed by atoms with Crippen LogP contribution < -0.4 is 0 Å². The van der Waals surface area contributed by atoms with Gasteiger partial charge in [-0.25, -0.2) is 0 Å². The topological polar surface area (TPSA) is 46.5 Å². The molecule has 0 saturated heterocycles. The van der Waals surface area contributed by atoms with Crippen molar-refractivity contribution in [2.24, 2.45) is 0 Å². The number of aliphatic hydroxyl groups excluding tert-OH is 1. The highest BCUT2D eigenvalue weighted by Crippen LogP contribution is 2.14. The first kappa shape index (κ1) is 21.4. The Morgan fingerprint density at radius 2 is 1.27 bits per heavy atom. The van der Waals surface area contributed by atoms with Gasteiger partial charge in [-0.3, -0.25) is 4.79 Å². The minimum atomic E-state index is -0.150. The molecule has 1 atom stereocenters. The molecule has 0 radical (unpaired) electrons. The molecule has 3 nitrogen and oxygen atoms in total. The second-order valence-electron chi connectivity index (χ2n) is 6.45. The van der Waals surface area contributed by atoms with E-state index in [-0.39, 0.29) is 12.1 Å². The van der Waals surface area contributed by atoms with Gasteiger partial charge < -0.3 is 9.84 Å². The van der Waals surface area contributed by atoms with Crippen LogP contribution in [0.15, 0.2) is 0 Å². The Balaban J connectivity index is 3.19. The van der Waals surface area contributed by atoms with Gasteiger partial charge in [0.2, 0.25) is 0 Å². The molecule has 0 amide bonds. The molecule has 0 heterocycles. The maximum atomic E-state index is 10.9. The molecule has 22 heavy (non-hydrogen) atoms. The Morgan fingerprint density at radius 1 is 0.818 bits per heavy atom. The third-order valence-corrected chi connectivity index (χ3v) is 4.29. The first-order chi connectivity index (χ1) is 10.7. The fraction of sp³-hybridized carbons (Fsp3) is 0.947. The quantitative estimate of drug-likeness (QED) is 0.307. The summed E-state index contributed by atoms with van der Waals surface area (Å²) in [6, 6.07) is 0. The molecule has 0 aliphatic rings. The van der Waals surface area contributed by atoms with Crippen LogP contribution >= 0.6 is 0 Å². The van der Waals surface area contributed by atoms with Crippen LogP contribution in [0.25, 0.3) is 0 Å². The Labute approximate surface area is 137 Å². The minimum absolute atomic E-state index is 0.129. The summed E-state index contributed by atoms with van der Waals surface area (Å²) >= 11 is 0. The van der Waals surface area contributed by atoms with Crippen LogP contribution in [0.2, 0.25) is 0 Å². The zero-order valence-corrected chi connectivity index (χ0v) is 14.9. The lowest BCUT2D eigenvalue weighted by molar-refractivity contribution is -0.140. The summed E-state index contributed by atoms with van der Waals surface area (Å²) in [5, 5.41) is 9.91. The average Bonchev–Trinajstić information content (AvgIpc) is 2.52. The SMILES string of the molecule is CCCCCCCCCCCC(O)CCCCCC(=O)OC. The van der Waals surface area contributed by atoms with Crippen LogP contribution in [-0.2, 0) is 9.53 Å². The fourth-order valence-electron chi connectivity index (χ4n) is 2.76. The third kappa shape index (κ3) is 15.8. The molecule has 132 valence electrons. The van der Waals surface area contributed by atoms with E-state index in [0.717, 1.165) is 38.5 Å². The Bertz CT molecular complexity index is 241. The van der Waals surface area contributed by atoms with Crippen molar-refractivity contribution in [3.63, 3.8) is 0 Å². The molecule has 1 N–H and O–H groups in total. The first-order valence-corrected chi connectivity index (χ1v) is 9.45. The van der Waals surface area contributed by atoms with Gasteiger partial charge in [-0.15, -0.1) is 0 Å². The zero-order valence-electron chi connectivity index (χ0n) is 14.9. The molecule has 1 unspecified atom stereocenters. The Kier molecular flexibility index (Phi) is 16.4. The molecule has 0 aromatic carbocycles. The number of aliphatic hydroxyl groups is 1. The number of methoxy groups -OCH3 is 1. The lowest BCUT2D eigenvalue weighted by atomic mass is 10.0. The minimum Gasteiger partial charge on any atom is -0.469 e. The van der Waals surface area contributed by atoms with Crippen LogP contribution in [0.3, 0.4) is 0 Å². The van der Waals surface area contributed by atoms with Crippen LogP contribution in [-0.4, -0.2) is 24.3 Å². The summed E-state index contributed by atoms with van der Waals surface area (Å²) in [7, 11) is 1.43. The second-order valence-corrected chi connectivity index (χ2v) is 6.45. The molecule has 0 aromatic heterocycles. The van der Waals surface area contributed by atoms with E-state index < -0.39 is 0 Å². The van der Waals surface area contributed by atoms with Gasteiger partial charge >= 0.3 is 5.97 Å². The van der Waals surface area contributed by atoms with Gasteiger partial charge in [-0.05, 0) is 19.3 Å². The Hall–Kier alpha value is -0.570. The number of hydrogen-bond donors (Lipinski definition) is 1.